The van der Waals surface area contributed by atoms with Crippen LogP contribution < -0.4 is 15.5 Å². The number of nitrogens with zero attached hydrogens (tertiary/aromatic N) is 2. The molecule has 0 radical (unpaired) electrons. The lowest BCUT2D eigenvalue weighted by Gasteiger charge is -2.47. The lowest BCUT2D eigenvalue weighted by molar-refractivity contribution is -0.134. The fraction of sp³-hybridized carbons (Fsp3) is 0.679. The minimum absolute atomic E-state index is 0.170. The number of likely N-dealkylation sites (tertiary alicyclic amines) is 1. The zero-order valence-electron chi connectivity index (χ0n) is 22.1. The number of piperidine rings is 3. The molecule has 36 heavy (non-hydrogen) atoms. The van der Waals surface area contributed by atoms with E-state index in [1.54, 1.807) is 0 Å². The molecule has 8 heteroatoms. The summed E-state index contributed by atoms with van der Waals surface area (Å²) in [5, 5.41) is 5.31. The number of amides is 3. The first kappa shape index (κ1) is 26.5. The topological polar surface area (TPSA) is 91.0 Å². The summed E-state index contributed by atoms with van der Waals surface area (Å²) in [6, 6.07) is 8.36. The average molecular weight is 499 g/mol. The van der Waals surface area contributed by atoms with E-state index in [2.05, 4.69) is 44.7 Å². The summed E-state index contributed by atoms with van der Waals surface area (Å²) in [6.45, 7) is 11.7. The van der Waals surface area contributed by atoms with Crippen LogP contribution in [0.15, 0.2) is 24.3 Å². The zero-order chi connectivity index (χ0) is 25.8. The number of hydrogen-bond acceptors (Lipinski definition) is 6. The maximum atomic E-state index is 12.2. The molecule has 1 atom stereocenters. The van der Waals surface area contributed by atoms with Crippen LogP contribution in [-0.2, 0) is 14.3 Å². The SMILES string of the molecule is CC(C)(C)OC(=O)NCCCN1CCC2(CC1)CCN(c1ccc(C3CCC(=O)NC3=O)cc1)CC2. The molecular formula is C28H42N4O4. The van der Waals surface area contributed by atoms with Crippen LogP contribution in [-0.4, -0.2) is 67.7 Å². The third kappa shape index (κ3) is 6.99. The van der Waals surface area contributed by atoms with Crippen LogP contribution in [0, 0.1) is 5.41 Å². The van der Waals surface area contributed by atoms with Gasteiger partial charge in [-0.2, -0.15) is 0 Å². The Hall–Kier alpha value is -2.61. The van der Waals surface area contributed by atoms with Crippen LogP contribution in [0.5, 0.6) is 0 Å². The molecule has 1 aromatic carbocycles. The summed E-state index contributed by atoms with van der Waals surface area (Å²) in [5.74, 6) is -0.569. The Labute approximate surface area is 215 Å². The second-order valence-electron chi connectivity index (χ2n) is 11.7. The number of benzene rings is 1. The Bertz CT molecular complexity index is 922. The minimum Gasteiger partial charge on any atom is -0.444 e. The molecule has 0 bridgehead atoms. The molecule has 0 aliphatic carbocycles. The van der Waals surface area contributed by atoms with Gasteiger partial charge < -0.3 is 19.9 Å². The van der Waals surface area contributed by atoms with Crippen LogP contribution in [0.3, 0.4) is 0 Å². The normalized spacial score (nSPS) is 22.9. The fourth-order valence-corrected chi connectivity index (χ4v) is 5.73. The molecule has 2 N–H and O–H groups in total. The first-order valence-electron chi connectivity index (χ1n) is 13.5. The van der Waals surface area contributed by atoms with Crippen molar-refractivity contribution in [3.05, 3.63) is 29.8 Å². The largest absolute Gasteiger partial charge is 0.444 e. The van der Waals surface area contributed by atoms with Crippen molar-refractivity contribution in [3.8, 4) is 0 Å². The molecule has 198 valence electrons. The van der Waals surface area contributed by atoms with Gasteiger partial charge in [0.1, 0.15) is 5.60 Å². The standard InChI is InChI=1S/C28H42N4O4/c1-27(2,3)36-26(35)29-15-4-16-31-17-11-28(12-18-31)13-19-32(20-14-28)22-7-5-21(6-8-22)23-9-10-24(33)30-25(23)34/h5-8,23H,4,9-20H2,1-3H3,(H,29,35)(H,30,33,34). The lowest BCUT2D eigenvalue weighted by atomic mass is 9.71. The zero-order valence-corrected chi connectivity index (χ0v) is 22.1. The molecule has 3 aliphatic rings. The van der Waals surface area contributed by atoms with E-state index in [0.29, 0.717) is 24.8 Å². The highest BCUT2D eigenvalue weighted by atomic mass is 16.6. The number of ether oxygens (including phenoxy) is 1. The molecule has 3 heterocycles. The van der Waals surface area contributed by atoms with Gasteiger partial charge in [-0.3, -0.25) is 14.9 Å². The van der Waals surface area contributed by atoms with E-state index in [1.165, 1.54) is 31.4 Å². The summed E-state index contributed by atoms with van der Waals surface area (Å²) in [4.78, 5) is 40.4. The first-order chi connectivity index (χ1) is 17.1. The van der Waals surface area contributed by atoms with Gasteiger partial charge in [0.05, 0.1) is 5.92 Å². The molecule has 3 aliphatic heterocycles. The molecule has 3 saturated heterocycles. The number of hydrogen-bond donors (Lipinski definition) is 2. The quantitative estimate of drug-likeness (QED) is 0.458. The van der Waals surface area contributed by atoms with Crippen LogP contribution in [0.1, 0.15) is 77.2 Å². The number of carbonyl (C=O) groups excluding carboxylic acids is 3. The number of anilines is 1. The Kier molecular flexibility index (Phi) is 8.23. The smallest absolute Gasteiger partial charge is 0.407 e. The van der Waals surface area contributed by atoms with Crippen molar-refractivity contribution in [1.82, 2.24) is 15.5 Å². The van der Waals surface area contributed by atoms with Crippen molar-refractivity contribution in [3.63, 3.8) is 0 Å². The molecule has 1 aromatic rings. The van der Waals surface area contributed by atoms with Gasteiger partial charge in [0.25, 0.3) is 0 Å². The second-order valence-corrected chi connectivity index (χ2v) is 11.7. The Morgan fingerprint density at radius 1 is 1.06 bits per heavy atom. The lowest BCUT2D eigenvalue weighted by Crippen LogP contribution is -2.47. The third-order valence-electron chi connectivity index (χ3n) is 7.96. The van der Waals surface area contributed by atoms with E-state index < -0.39 is 5.60 Å². The average Bonchev–Trinajstić information content (AvgIpc) is 2.83. The van der Waals surface area contributed by atoms with Gasteiger partial charge in [-0.15, -0.1) is 0 Å². The summed E-state index contributed by atoms with van der Waals surface area (Å²) in [5.41, 5.74) is 2.20. The molecule has 0 aromatic heterocycles. The second kappa shape index (κ2) is 11.2. The fourth-order valence-electron chi connectivity index (χ4n) is 5.73. The van der Waals surface area contributed by atoms with Crippen LogP contribution in [0.25, 0.3) is 0 Å². The summed E-state index contributed by atoms with van der Waals surface area (Å²) >= 11 is 0. The number of rotatable bonds is 6. The van der Waals surface area contributed by atoms with Gasteiger partial charge in [0.2, 0.25) is 11.8 Å². The first-order valence-corrected chi connectivity index (χ1v) is 13.5. The van der Waals surface area contributed by atoms with Crippen LogP contribution >= 0.6 is 0 Å². The van der Waals surface area contributed by atoms with Gasteiger partial charge >= 0.3 is 6.09 Å². The molecule has 3 amide bonds. The highest BCUT2D eigenvalue weighted by molar-refractivity contribution is 6.00. The van der Waals surface area contributed by atoms with Gasteiger partial charge in [0.15, 0.2) is 0 Å². The van der Waals surface area contributed by atoms with Crippen molar-refractivity contribution in [2.45, 2.75) is 77.2 Å². The van der Waals surface area contributed by atoms with E-state index in [4.69, 9.17) is 4.74 Å². The van der Waals surface area contributed by atoms with Crippen molar-refractivity contribution in [2.75, 3.05) is 44.2 Å². The highest BCUT2D eigenvalue weighted by Crippen LogP contribution is 2.42. The number of nitrogens with one attached hydrogen (secondary N) is 2. The van der Waals surface area contributed by atoms with Gasteiger partial charge in [-0.05, 0) is 102 Å². The molecule has 8 nitrogen and oxygen atoms in total. The molecular weight excluding hydrogens is 456 g/mol. The molecule has 0 saturated carbocycles. The van der Waals surface area contributed by atoms with E-state index in [-0.39, 0.29) is 23.8 Å². The van der Waals surface area contributed by atoms with Crippen molar-refractivity contribution >= 4 is 23.6 Å². The predicted molar refractivity (Wildman–Crippen MR) is 140 cm³/mol. The third-order valence-corrected chi connectivity index (χ3v) is 7.96. The Balaban J connectivity index is 1.17. The summed E-state index contributed by atoms with van der Waals surface area (Å²) in [6.07, 6.45) is 6.53. The molecule has 1 unspecified atom stereocenters. The monoisotopic (exact) mass is 498 g/mol. The van der Waals surface area contributed by atoms with Crippen molar-refractivity contribution < 1.29 is 19.1 Å². The van der Waals surface area contributed by atoms with E-state index >= 15 is 0 Å². The van der Waals surface area contributed by atoms with Crippen LogP contribution in [0.4, 0.5) is 10.5 Å². The van der Waals surface area contributed by atoms with Gasteiger partial charge in [-0.1, -0.05) is 12.1 Å². The Morgan fingerprint density at radius 3 is 2.31 bits per heavy atom. The van der Waals surface area contributed by atoms with Gasteiger partial charge in [0, 0.05) is 31.7 Å². The maximum Gasteiger partial charge on any atom is 0.407 e. The number of alkyl carbamates (subject to hydrolysis) is 1. The van der Waals surface area contributed by atoms with Gasteiger partial charge in [-0.25, -0.2) is 4.79 Å². The summed E-state index contributed by atoms with van der Waals surface area (Å²) < 4.78 is 5.29. The molecule has 3 fully saturated rings. The predicted octanol–water partition coefficient (Wildman–Crippen LogP) is 3.80. The molecule has 4 rings (SSSR count). The highest BCUT2D eigenvalue weighted by Gasteiger charge is 2.37. The minimum atomic E-state index is -0.458. The Morgan fingerprint density at radius 2 is 1.69 bits per heavy atom. The summed E-state index contributed by atoms with van der Waals surface area (Å²) in [7, 11) is 0. The van der Waals surface area contributed by atoms with E-state index in [9.17, 15) is 14.4 Å². The maximum absolute atomic E-state index is 12.2. The van der Waals surface area contributed by atoms with Crippen molar-refractivity contribution in [2.24, 2.45) is 5.41 Å². The van der Waals surface area contributed by atoms with Crippen LogP contribution in [0.2, 0.25) is 0 Å². The number of carbonyl (C=O) groups is 3. The molecule has 1 spiro atoms. The van der Waals surface area contributed by atoms with Crippen molar-refractivity contribution in [1.29, 1.82) is 0 Å². The number of imide groups is 1. The van der Waals surface area contributed by atoms with E-state index in [0.717, 1.165) is 44.7 Å². The van der Waals surface area contributed by atoms with E-state index in [1.807, 2.05) is 20.8 Å².